The summed E-state index contributed by atoms with van der Waals surface area (Å²) in [6.45, 7) is 7.47. The average molecular weight is 445 g/mol. The van der Waals surface area contributed by atoms with Crippen molar-refractivity contribution in [3.8, 4) is 0 Å². The van der Waals surface area contributed by atoms with Crippen molar-refractivity contribution in [3.05, 3.63) is 72.2 Å². The Kier molecular flexibility index (Phi) is 11.4. The van der Waals surface area contributed by atoms with Gasteiger partial charge in [0.1, 0.15) is 0 Å². The number of nitrogens with one attached hydrogen (secondary N) is 2. The Balaban J connectivity index is 0.000000523. The van der Waals surface area contributed by atoms with Crippen molar-refractivity contribution in [2.24, 2.45) is 0 Å². The predicted molar refractivity (Wildman–Crippen MR) is 111 cm³/mol. The monoisotopic (exact) mass is 445 g/mol. The SMILES string of the molecule is CC(C)(CO)NC=C1C=CC=CC1=O.CC(C)(CO)NC=C1C=CC=CC1=O.[Co]. The van der Waals surface area contributed by atoms with E-state index in [9.17, 15) is 9.59 Å². The van der Waals surface area contributed by atoms with Gasteiger partial charge < -0.3 is 20.8 Å². The molecule has 0 aromatic heterocycles. The van der Waals surface area contributed by atoms with Crippen LogP contribution in [-0.2, 0) is 26.4 Å². The second-order valence-corrected chi connectivity index (χ2v) is 7.74. The summed E-state index contributed by atoms with van der Waals surface area (Å²) in [5.74, 6) is -0.0394. The summed E-state index contributed by atoms with van der Waals surface area (Å²) in [6.07, 6.45) is 16.8. The molecule has 0 bridgehead atoms. The van der Waals surface area contributed by atoms with Crippen molar-refractivity contribution in [3.63, 3.8) is 0 Å². The first kappa shape index (κ1) is 26.8. The normalized spacial score (nSPS) is 18.4. The Morgan fingerprint density at radius 2 is 1.03 bits per heavy atom. The zero-order valence-corrected chi connectivity index (χ0v) is 18.3. The van der Waals surface area contributed by atoms with Crippen LogP contribution >= 0.6 is 0 Å². The number of hydrogen-bond donors (Lipinski definition) is 4. The Bertz CT molecular complexity index is 693. The van der Waals surface area contributed by atoms with Gasteiger partial charge in [0, 0.05) is 40.3 Å². The number of aliphatic hydroxyl groups excluding tert-OH is 2. The van der Waals surface area contributed by atoms with E-state index in [1.807, 2.05) is 27.7 Å². The molecular weight excluding hydrogens is 415 g/mol. The molecule has 29 heavy (non-hydrogen) atoms. The van der Waals surface area contributed by atoms with Crippen LogP contribution in [0.3, 0.4) is 0 Å². The van der Waals surface area contributed by atoms with Gasteiger partial charge in [0.15, 0.2) is 11.6 Å². The molecule has 1 radical (unpaired) electrons. The maximum Gasteiger partial charge on any atom is 0.187 e. The molecule has 0 atom stereocenters. The van der Waals surface area contributed by atoms with Gasteiger partial charge in [0.25, 0.3) is 0 Å². The van der Waals surface area contributed by atoms with E-state index in [-0.39, 0.29) is 41.6 Å². The van der Waals surface area contributed by atoms with Crippen molar-refractivity contribution in [1.82, 2.24) is 10.6 Å². The van der Waals surface area contributed by atoms with Crippen LogP contribution in [0.5, 0.6) is 0 Å². The van der Waals surface area contributed by atoms with E-state index in [1.54, 1.807) is 48.9 Å². The third kappa shape index (κ3) is 10.2. The minimum atomic E-state index is -0.401. The molecule has 0 saturated carbocycles. The van der Waals surface area contributed by atoms with Crippen LogP contribution < -0.4 is 10.6 Å². The van der Waals surface area contributed by atoms with E-state index >= 15 is 0 Å². The molecule has 2 aliphatic carbocycles. The van der Waals surface area contributed by atoms with Gasteiger partial charge in [-0.25, -0.2) is 0 Å². The van der Waals surface area contributed by atoms with Crippen molar-refractivity contribution in [2.75, 3.05) is 13.2 Å². The maximum atomic E-state index is 11.3. The number of rotatable bonds is 6. The largest absolute Gasteiger partial charge is 0.394 e. The summed E-state index contributed by atoms with van der Waals surface area (Å²) in [5, 5.41) is 23.9. The molecular formula is C22H30CoN2O4. The van der Waals surface area contributed by atoms with Crippen molar-refractivity contribution in [2.45, 2.75) is 38.8 Å². The average Bonchev–Trinajstić information content (AvgIpc) is 2.67. The number of carbonyl (C=O) groups is 2. The first-order valence-electron chi connectivity index (χ1n) is 9.06. The molecule has 6 nitrogen and oxygen atoms in total. The Morgan fingerprint density at radius 1 is 0.724 bits per heavy atom. The molecule has 2 aliphatic rings. The number of ketones is 2. The second-order valence-electron chi connectivity index (χ2n) is 7.74. The van der Waals surface area contributed by atoms with Gasteiger partial charge in [-0.05, 0) is 52.0 Å². The maximum absolute atomic E-state index is 11.3. The molecule has 7 heteroatoms. The zero-order valence-electron chi connectivity index (χ0n) is 17.2. The van der Waals surface area contributed by atoms with Crippen LogP contribution in [0.25, 0.3) is 0 Å². The molecule has 0 unspecified atom stereocenters. The first-order chi connectivity index (χ1) is 13.1. The van der Waals surface area contributed by atoms with E-state index in [0.29, 0.717) is 11.1 Å². The van der Waals surface area contributed by atoms with Crippen LogP contribution in [-0.4, -0.2) is 46.1 Å². The Hall–Kier alpha value is -2.19. The van der Waals surface area contributed by atoms with Gasteiger partial charge in [-0.3, -0.25) is 9.59 Å². The van der Waals surface area contributed by atoms with Gasteiger partial charge in [-0.2, -0.15) is 0 Å². The summed E-state index contributed by atoms with van der Waals surface area (Å²) in [4.78, 5) is 22.6. The van der Waals surface area contributed by atoms with Gasteiger partial charge in [0.2, 0.25) is 0 Å². The third-order valence-corrected chi connectivity index (χ3v) is 3.87. The quantitative estimate of drug-likeness (QED) is 0.466. The fraction of sp³-hybridized carbons (Fsp3) is 0.364. The number of allylic oxidation sites excluding steroid dienone is 10. The smallest absolute Gasteiger partial charge is 0.187 e. The minimum absolute atomic E-state index is 0. The van der Waals surface area contributed by atoms with Gasteiger partial charge in [-0.1, -0.05) is 24.3 Å². The number of aliphatic hydroxyl groups is 2. The number of carbonyl (C=O) groups excluding carboxylic acids is 2. The molecule has 0 aromatic carbocycles. The van der Waals surface area contributed by atoms with E-state index < -0.39 is 11.1 Å². The molecule has 0 spiro atoms. The van der Waals surface area contributed by atoms with Crippen LogP contribution in [0, 0.1) is 0 Å². The van der Waals surface area contributed by atoms with Gasteiger partial charge in [0.05, 0.1) is 24.3 Å². The zero-order chi connectivity index (χ0) is 21.2. The van der Waals surface area contributed by atoms with Crippen LogP contribution in [0.1, 0.15) is 27.7 Å². The van der Waals surface area contributed by atoms with E-state index in [4.69, 9.17) is 10.2 Å². The number of hydrogen-bond acceptors (Lipinski definition) is 6. The second kappa shape index (κ2) is 12.4. The molecule has 0 fully saturated rings. The molecule has 0 aromatic rings. The topological polar surface area (TPSA) is 98.7 Å². The fourth-order valence-electron chi connectivity index (χ4n) is 1.84. The molecule has 4 N–H and O–H groups in total. The summed E-state index contributed by atoms with van der Waals surface area (Å²) >= 11 is 0. The Labute approximate surface area is 183 Å². The van der Waals surface area contributed by atoms with Crippen LogP contribution in [0.4, 0.5) is 0 Å². The molecule has 0 amide bonds. The molecule has 0 heterocycles. The molecule has 0 aliphatic heterocycles. The standard InChI is InChI=1S/2C11H15NO2.Co/c2*1-11(2,8-13)12-7-9-5-3-4-6-10(9)14;/h2*3-7,12-13H,8H2,1-2H3;. The third-order valence-electron chi connectivity index (χ3n) is 3.87. The van der Waals surface area contributed by atoms with Crippen LogP contribution in [0.2, 0.25) is 0 Å². The van der Waals surface area contributed by atoms with Gasteiger partial charge in [-0.15, -0.1) is 0 Å². The van der Waals surface area contributed by atoms with Gasteiger partial charge >= 0.3 is 0 Å². The predicted octanol–water partition coefficient (Wildman–Crippen LogP) is 1.85. The molecule has 2 rings (SSSR count). The summed E-state index contributed by atoms with van der Waals surface area (Å²) in [7, 11) is 0. The molecule has 0 saturated heterocycles. The van der Waals surface area contributed by atoms with E-state index in [1.165, 1.54) is 12.2 Å². The van der Waals surface area contributed by atoms with Crippen molar-refractivity contribution >= 4 is 11.6 Å². The summed E-state index contributed by atoms with van der Waals surface area (Å²) in [6, 6.07) is 0. The summed E-state index contributed by atoms with van der Waals surface area (Å²) in [5.41, 5.74) is 0.410. The summed E-state index contributed by atoms with van der Waals surface area (Å²) < 4.78 is 0. The minimum Gasteiger partial charge on any atom is -0.394 e. The van der Waals surface area contributed by atoms with Crippen LogP contribution in [0.15, 0.2) is 72.2 Å². The van der Waals surface area contributed by atoms with E-state index in [0.717, 1.165) is 0 Å². The molecule has 161 valence electrons. The van der Waals surface area contributed by atoms with Crippen molar-refractivity contribution < 1.29 is 36.6 Å². The van der Waals surface area contributed by atoms with Crippen molar-refractivity contribution in [1.29, 1.82) is 0 Å². The first-order valence-corrected chi connectivity index (χ1v) is 9.06. The Morgan fingerprint density at radius 3 is 1.31 bits per heavy atom. The van der Waals surface area contributed by atoms with E-state index in [2.05, 4.69) is 10.6 Å². The fourth-order valence-corrected chi connectivity index (χ4v) is 1.84.